The van der Waals surface area contributed by atoms with Crippen LogP contribution in [0.4, 0.5) is 0 Å². The third-order valence-corrected chi connectivity index (χ3v) is 5.20. The number of hydrogen-bond acceptors (Lipinski definition) is 5. The van der Waals surface area contributed by atoms with E-state index in [1.165, 1.54) is 24.6 Å². The predicted octanol–water partition coefficient (Wildman–Crippen LogP) is 4.29. The third kappa shape index (κ3) is 2.88. The maximum atomic E-state index is 6.13. The Morgan fingerprint density at radius 1 is 1.15 bits per heavy atom. The Balaban J connectivity index is 1.88. The quantitative estimate of drug-likeness (QED) is 0.773. The Morgan fingerprint density at radius 2 is 1.90 bits per heavy atom. The molecule has 1 saturated carbocycles. The molecule has 1 fully saturated rings. The lowest BCUT2D eigenvalue weighted by molar-refractivity contribution is 0.423. The van der Waals surface area contributed by atoms with Crippen LogP contribution in [0.1, 0.15) is 31.7 Å². The molecular formula is C11H10Cl3N5S. The van der Waals surface area contributed by atoms with E-state index in [1.54, 1.807) is 6.07 Å². The summed E-state index contributed by atoms with van der Waals surface area (Å²) in [6.07, 6.45) is 4.61. The zero-order chi connectivity index (χ0) is 14.1. The Kier molecular flexibility index (Phi) is 4.35. The molecule has 106 valence electrons. The monoisotopic (exact) mass is 349 g/mol. The van der Waals surface area contributed by atoms with Crippen molar-refractivity contribution in [1.29, 1.82) is 0 Å². The number of aromatic nitrogens is 5. The number of rotatable bonds is 3. The van der Waals surface area contributed by atoms with Crippen molar-refractivity contribution in [2.24, 2.45) is 0 Å². The van der Waals surface area contributed by atoms with Gasteiger partial charge in [-0.05, 0) is 41.1 Å². The molecule has 0 unspecified atom stereocenters. The summed E-state index contributed by atoms with van der Waals surface area (Å²) in [7, 11) is 0. The number of hydrogen-bond donors (Lipinski definition) is 0. The fourth-order valence-electron chi connectivity index (χ4n) is 2.22. The van der Waals surface area contributed by atoms with Gasteiger partial charge in [0.2, 0.25) is 5.16 Å². The summed E-state index contributed by atoms with van der Waals surface area (Å²) in [6.45, 7) is 0. The van der Waals surface area contributed by atoms with Crippen molar-refractivity contribution < 1.29 is 0 Å². The van der Waals surface area contributed by atoms with Crippen molar-refractivity contribution in [2.75, 3.05) is 0 Å². The molecule has 0 aromatic carbocycles. The maximum Gasteiger partial charge on any atom is 0.215 e. The molecule has 2 heterocycles. The summed E-state index contributed by atoms with van der Waals surface area (Å²) in [5.41, 5.74) is 0. The van der Waals surface area contributed by atoms with Crippen LogP contribution in [0, 0.1) is 0 Å². The highest BCUT2D eigenvalue weighted by Gasteiger charge is 2.23. The highest BCUT2D eigenvalue weighted by molar-refractivity contribution is 7.99. The molecule has 0 radical (unpaired) electrons. The minimum absolute atomic E-state index is 0.221. The lowest BCUT2D eigenvalue weighted by Gasteiger charge is -2.11. The number of tetrazole rings is 1. The van der Waals surface area contributed by atoms with Gasteiger partial charge >= 0.3 is 0 Å². The molecule has 0 atom stereocenters. The largest absolute Gasteiger partial charge is 0.226 e. The van der Waals surface area contributed by atoms with Crippen LogP contribution in [0.3, 0.4) is 0 Å². The summed E-state index contributed by atoms with van der Waals surface area (Å²) in [4.78, 5) is 4.17. The van der Waals surface area contributed by atoms with Gasteiger partial charge in [-0.1, -0.05) is 47.6 Å². The Hall–Kier alpha value is -0.560. The van der Waals surface area contributed by atoms with E-state index >= 15 is 0 Å². The van der Waals surface area contributed by atoms with Crippen LogP contribution in [0.5, 0.6) is 0 Å². The topological polar surface area (TPSA) is 56.5 Å². The van der Waals surface area contributed by atoms with Crippen molar-refractivity contribution >= 4 is 46.6 Å². The van der Waals surface area contributed by atoms with Crippen molar-refractivity contribution in [3.8, 4) is 0 Å². The fraction of sp³-hybridized carbons (Fsp3) is 0.455. The second-order valence-corrected chi connectivity index (χ2v) is 6.62. The van der Waals surface area contributed by atoms with Crippen LogP contribution >= 0.6 is 46.6 Å². The van der Waals surface area contributed by atoms with Crippen molar-refractivity contribution in [2.45, 2.75) is 41.9 Å². The zero-order valence-electron chi connectivity index (χ0n) is 10.3. The Labute approximate surface area is 135 Å². The first-order valence-corrected chi connectivity index (χ1v) is 8.07. The lowest BCUT2D eigenvalue weighted by Crippen LogP contribution is -2.08. The smallest absolute Gasteiger partial charge is 0.215 e. The van der Waals surface area contributed by atoms with E-state index in [2.05, 4.69) is 20.5 Å². The molecule has 0 saturated heterocycles. The van der Waals surface area contributed by atoms with Crippen molar-refractivity contribution in [3.05, 3.63) is 21.3 Å². The fourth-order valence-corrected chi connectivity index (χ4v) is 3.70. The highest BCUT2D eigenvalue weighted by Crippen LogP contribution is 2.37. The van der Waals surface area contributed by atoms with Crippen LogP contribution in [-0.2, 0) is 0 Å². The zero-order valence-corrected chi connectivity index (χ0v) is 13.3. The predicted molar refractivity (Wildman–Crippen MR) is 78.7 cm³/mol. The summed E-state index contributed by atoms with van der Waals surface area (Å²) >= 11 is 19.2. The van der Waals surface area contributed by atoms with Crippen LogP contribution < -0.4 is 0 Å². The van der Waals surface area contributed by atoms with Gasteiger partial charge in [0, 0.05) is 0 Å². The van der Waals surface area contributed by atoms with E-state index in [4.69, 9.17) is 34.8 Å². The van der Waals surface area contributed by atoms with Gasteiger partial charge in [-0.3, -0.25) is 0 Å². The third-order valence-electron chi connectivity index (χ3n) is 3.18. The average Bonchev–Trinajstić information content (AvgIpc) is 3.06. The van der Waals surface area contributed by atoms with Crippen LogP contribution in [0.15, 0.2) is 16.2 Å². The average molecular weight is 351 g/mol. The van der Waals surface area contributed by atoms with E-state index in [1.807, 2.05) is 4.68 Å². The van der Waals surface area contributed by atoms with Gasteiger partial charge < -0.3 is 0 Å². The summed E-state index contributed by atoms with van der Waals surface area (Å²) < 4.78 is 1.85. The van der Waals surface area contributed by atoms with Crippen molar-refractivity contribution in [3.63, 3.8) is 0 Å². The van der Waals surface area contributed by atoms with Gasteiger partial charge in [0.25, 0.3) is 0 Å². The molecule has 1 aliphatic carbocycles. The van der Waals surface area contributed by atoms with Gasteiger partial charge in [-0.15, -0.1) is 5.10 Å². The first-order chi connectivity index (χ1) is 9.65. The van der Waals surface area contributed by atoms with Gasteiger partial charge in [-0.25, -0.2) is 9.67 Å². The van der Waals surface area contributed by atoms with Crippen LogP contribution in [0.2, 0.25) is 15.2 Å². The van der Waals surface area contributed by atoms with E-state index in [-0.39, 0.29) is 5.15 Å². The normalized spacial score (nSPS) is 15.9. The summed E-state index contributed by atoms with van der Waals surface area (Å²) in [6, 6.07) is 1.93. The van der Waals surface area contributed by atoms with E-state index in [9.17, 15) is 0 Å². The second-order valence-electron chi connectivity index (χ2n) is 4.49. The number of pyridine rings is 1. The molecule has 2 aromatic heterocycles. The molecule has 20 heavy (non-hydrogen) atoms. The summed E-state index contributed by atoms with van der Waals surface area (Å²) in [5, 5.41) is 14.1. The molecule has 5 nitrogen and oxygen atoms in total. The molecule has 2 aromatic rings. The van der Waals surface area contributed by atoms with Gasteiger partial charge in [0.05, 0.1) is 16.1 Å². The van der Waals surface area contributed by atoms with Crippen LogP contribution in [-0.4, -0.2) is 25.2 Å². The minimum atomic E-state index is 0.221. The van der Waals surface area contributed by atoms with Crippen molar-refractivity contribution in [1.82, 2.24) is 25.2 Å². The molecule has 3 rings (SSSR count). The second kappa shape index (κ2) is 6.05. The molecule has 0 bridgehead atoms. The standard InChI is InChI=1S/C11H10Cl3N5S/c12-7-5-8(13)10(15-9(7)14)20-11-16-17-18-19(11)6-3-1-2-4-6/h5-6H,1-4H2. The van der Waals surface area contributed by atoms with E-state index < -0.39 is 0 Å². The molecule has 0 spiro atoms. The highest BCUT2D eigenvalue weighted by atomic mass is 35.5. The Bertz CT molecular complexity index is 627. The Morgan fingerprint density at radius 3 is 2.65 bits per heavy atom. The maximum absolute atomic E-state index is 6.13. The molecule has 9 heteroatoms. The minimum Gasteiger partial charge on any atom is -0.226 e. The number of nitrogens with zero attached hydrogens (tertiary/aromatic N) is 5. The van der Waals surface area contributed by atoms with E-state index in [0.717, 1.165) is 12.8 Å². The molecule has 0 N–H and O–H groups in total. The summed E-state index contributed by atoms with van der Waals surface area (Å²) in [5.74, 6) is 0. The first-order valence-electron chi connectivity index (χ1n) is 6.12. The van der Waals surface area contributed by atoms with Gasteiger partial charge in [0.1, 0.15) is 10.2 Å². The molecule has 0 aliphatic heterocycles. The molecular weight excluding hydrogens is 341 g/mol. The van der Waals surface area contributed by atoms with Gasteiger partial charge in [0.15, 0.2) is 0 Å². The molecule has 0 amide bonds. The van der Waals surface area contributed by atoms with Crippen LogP contribution in [0.25, 0.3) is 0 Å². The number of halogens is 3. The van der Waals surface area contributed by atoms with E-state index in [0.29, 0.717) is 26.3 Å². The SMILES string of the molecule is Clc1cc(Cl)c(Sc2nnnn2C2CCCC2)nc1Cl. The molecule has 1 aliphatic rings. The first kappa shape index (κ1) is 14.4. The lowest BCUT2D eigenvalue weighted by atomic mass is 10.3. The van der Waals surface area contributed by atoms with Gasteiger partial charge in [-0.2, -0.15) is 0 Å².